The first-order valence-corrected chi connectivity index (χ1v) is 3.41. The first-order valence-electron chi connectivity index (χ1n) is 3.41. The molecule has 0 aliphatic carbocycles. The maximum Gasteiger partial charge on any atom is 0.406 e. The van der Waals surface area contributed by atoms with Gasteiger partial charge in [0.2, 0.25) is 5.91 Å². The molecule has 0 bridgehead atoms. The quantitative estimate of drug-likeness (QED) is 0.750. The second-order valence-corrected chi connectivity index (χ2v) is 2.55. The number of carbonyl (C=O) groups excluding carboxylic acids is 1. The Hall–Kier alpha value is -1.46. The highest BCUT2D eigenvalue weighted by Crippen LogP contribution is 2.17. The minimum Gasteiger partial charge on any atom is -0.366 e. The fourth-order valence-electron chi connectivity index (χ4n) is 0.892. The molecule has 2 N–H and O–H groups in total. The van der Waals surface area contributed by atoms with Crippen LogP contribution >= 0.6 is 0 Å². The van der Waals surface area contributed by atoms with Gasteiger partial charge in [0.25, 0.3) is 0 Å². The molecule has 1 aromatic heterocycles. The van der Waals surface area contributed by atoms with Crippen LogP contribution < -0.4 is 5.73 Å². The van der Waals surface area contributed by atoms with Crippen LogP contribution in [0.2, 0.25) is 0 Å². The Balaban J connectivity index is 2.75. The van der Waals surface area contributed by atoms with E-state index in [1.807, 2.05) is 0 Å². The Morgan fingerprint density at radius 2 is 2.15 bits per heavy atom. The zero-order valence-electron chi connectivity index (χ0n) is 6.51. The van der Waals surface area contributed by atoms with Crippen molar-refractivity contribution in [2.45, 2.75) is 12.7 Å². The lowest BCUT2D eigenvalue weighted by Crippen LogP contribution is -2.16. The molecular weight excluding hydrogens is 185 g/mol. The SMILES string of the molecule is NC(=O)c1ccn(CC(F)(F)F)c1. The number of hydrogen-bond acceptors (Lipinski definition) is 1. The third kappa shape index (κ3) is 2.81. The van der Waals surface area contributed by atoms with Crippen molar-refractivity contribution in [3.8, 4) is 0 Å². The van der Waals surface area contributed by atoms with Gasteiger partial charge >= 0.3 is 6.18 Å². The highest BCUT2D eigenvalue weighted by molar-refractivity contribution is 5.92. The Morgan fingerprint density at radius 1 is 1.54 bits per heavy atom. The minimum absolute atomic E-state index is 0.0734. The van der Waals surface area contributed by atoms with E-state index in [0.717, 1.165) is 17.0 Å². The number of amides is 1. The molecule has 0 aliphatic heterocycles. The smallest absolute Gasteiger partial charge is 0.366 e. The van der Waals surface area contributed by atoms with E-state index in [0.29, 0.717) is 0 Å². The van der Waals surface area contributed by atoms with Crippen molar-refractivity contribution < 1.29 is 18.0 Å². The summed E-state index contributed by atoms with van der Waals surface area (Å²) in [7, 11) is 0. The molecule has 1 aromatic rings. The summed E-state index contributed by atoms with van der Waals surface area (Å²) in [6.45, 7) is -1.11. The Kier molecular flexibility index (Phi) is 2.31. The maximum atomic E-state index is 11.8. The lowest BCUT2D eigenvalue weighted by molar-refractivity contribution is -0.140. The van der Waals surface area contributed by atoms with Crippen LogP contribution in [-0.2, 0) is 6.54 Å². The van der Waals surface area contributed by atoms with Gasteiger partial charge in [-0.05, 0) is 6.07 Å². The van der Waals surface area contributed by atoms with Crippen LogP contribution in [0.3, 0.4) is 0 Å². The highest BCUT2D eigenvalue weighted by atomic mass is 19.4. The topological polar surface area (TPSA) is 48.0 Å². The third-order valence-electron chi connectivity index (χ3n) is 1.40. The molecule has 72 valence electrons. The summed E-state index contributed by atoms with van der Waals surface area (Å²) < 4.78 is 36.3. The average Bonchev–Trinajstić information content (AvgIpc) is 2.31. The fraction of sp³-hybridized carbons (Fsp3) is 0.286. The van der Waals surface area contributed by atoms with Crippen LogP contribution in [0, 0.1) is 0 Å². The number of nitrogens with zero attached hydrogens (tertiary/aromatic N) is 1. The Bertz CT molecular complexity index is 316. The number of hydrogen-bond donors (Lipinski definition) is 1. The molecule has 0 saturated heterocycles. The molecule has 0 fully saturated rings. The van der Waals surface area contributed by atoms with Crippen LogP contribution in [0.15, 0.2) is 18.5 Å². The first-order chi connectivity index (χ1) is 5.88. The maximum absolute atomic E-state index is 11.8. The number of primary amides is 1. The molecular formula is C7H7F3N2O. The van der Waals surface area contributed by atoms with E-state index in [1.54, 1.807) is 0 Å². The molecule has 0 spiro atoms. The normalized spacial score (nSPS) is 11.6. The second-order valence-electron chi connectivity index (χ2n) is 2.55. The summed E-state index contributed by atoms with van der Waals surface area (Å²) in [5, 5.41) is 0. The third-order valence-corrected chi connectivity index (χ3v) is 1.40. The zero-order chi connectivity index (χ0) is 10.1. The molecule has 13 heavy (non-hydrogen) atoms. The van der Waals surface area contributed by atoms with Gasteiger partial charge in [-0.25, -0.2) is 0 Å². The molecule has 6 heteroatoms. The van der Waals surface area contributed by atoms with Crippen LogP contribution in [-0.4, -0.2) is 16.7 Å². The lowest BCUT2D eigenvalue weighted by Gasteiger charge is -2.06. The molecule has 0 atom stereocenters. The molecule has 1 amide bonds. The van der Waals surface area contributed by atoms with E-state index in [1.165, 1.54) is 6.07 Å². The molecule has 0 unspecified atom stereocenters. The van der Waals surface area contributed by atoms with Crippen LogP contribution in [0.5, 0.6) is 0 Å². The zero-order valence-corrected chi connectivity index (χ0v) is 6.51. The fourth-order valence-corrected chi connectivity index (χ4v) is 0.892. The van der Waals surface area contributed by atoms with Gasteiger partial charge in [0.05, 0.1) is 5.56 Å². The number of carbonyl (C=O) groups is 1. The van der Waals surface area contributed by atoms with E-state index in [9.17, 15) is 18.0 Å². The van der Waals surface area contributed by atoms with Gasteiger partial charge in [0.15, 0.2) is 0 Å². The van der Waals surface area contributed by atoms with Crippen molar-refractivity contribution >= 4 is 5.91 Å². The largest absolute Gasteiger partial charge is 0.406 e. The number of nitrogens with two attached hydrogens (primary N) is 1. The molecule has 1 rings (SSSR count). The van der Waals surface area contributed by atoms with Gasteiger partial charge in [0, 0.05) is 12.4 Å². The molecule has 0 radical (unpaired) electrons. The van der Waals surface area contributed by atoms with Gasteiger partial charge in [-0.1, -0.05) is 0 Å². The number of halogens is 3. The number of rotatable bonds is 2. The van der Waals surface area contributed by atoms with Crippen LogP contribution in [0.25, 0.3) is 0 Å². The van der Waals surface area contributed by atoms with Crippen LogP contribution in [0.1, 0.15) is 10.4 Å². The van der Waals surface area contributed by atoms with Crippen LogP contribution in [0.4, 0.5) is 13.2 Å². The molecule has 1 heterocycles. The minimum atomic E-state index is -4.28. The highest BCUT2D eigenvalue weighted by Gasteiger charge is 2.27. The summed E-state index contributed by atoms with van der Waals surface area (Å²) in [5.74, 6) is -0.735. The van der Waals surface area contributed by atoms with E-state index >= 15 is 0 Å². The molecule has 0 aromatic carbocycles. The standard InChI is InChI=1S/C7H7F3N2O/c8-7(9,10)4-12-2-1-5(3-12)6(11)13/h1-3H,4H2,(H2,11,13). The predicted octanol–water partition coefficient (Wildman–Crippen LogP) is 1.15. The monoisotopic (exact) mass is 192 g/mol. The van der Waals surface area contributed by atoms with Crippen molar-refractivity contribution in [1.82, 2.24) is 4.57 Å². The van der Waals surface area contributed by atoms with Gasteiger partial charge < -0.3 is 10.3 Å². The molecule has 0 saturated carbocycles. The van der Waals surface area contributed by atoms with Crippen molar-refractivity contribution in [3.05, 3.63) is 24.0 Å². The van der Waals surface area contributed by atoms with Gasteiger partial charge in [-0.2, -0.15) is 13.2 Å². The lowest BCUT2D eigenvalue weighted by atomic mass is 10.3. The first kappa shape index (κ1) is 9.63. The number of aromatic nitrogens is 1. The summed E-state index contributed by atoms with van der Waals surface area (Å²) in [4.78, 5) is 10.5. The van der Waals surface area contributed by atoms with E-state index < -0.39 is 18.6 Å². The van der Waals surface area contributed by atoms with Crippen molar-refractivity contribution in [1.29, 1.82) is 0 Å². The summed E-state index contributed by atoms with van der Waals surface area (Å²) in [6, 6.07) is 1.24. The van der Waals surface area contributed by atoms with E-state index in [4.69, 9.17) is 5.73 Å². The number of alkyl halides is 3. The summed E-state index contributed by atoms with van der Waals surface area (Å²) >= 11 is 0. The van der Waals surface area contributed by atoms with Gasteiger partial charge in [0.1, 0.15) is 6.54 Å². The average molecular weight is 192 g/mol. The van der Waals surface area contributed by atoms with Gasteiger partial charge in [-0.3, -0.25) is 4.79 Å². The molecule has 0 aliphatic rings. The van der Waals surface area contributed by atoms with Crippen molar-refractivity contribution in [3.63, 3.8) is 0 Å². The Morgan fingerprint density at radius 3 is 2.54 bits per heavy atom. The van der Waals surface area contributed by atoms with Crippen molar-refractivity contribution in [2.75, 3.05) is 0 Å². The predicted molar refractivity (Wildman–Crippen MR) is 39.0 cm³/mol. The summed E-state index contributed by atoms with van der Waals surface area (Å²) in [6.07, 6.45) is -2.06. The molecule has 3 nitrogen and oxygen atoms in total. The van der Waals surface area contributed by atoms with Crippen molar-refractivity contribution in [2.24, 2.45) is 5.73 Å². The second kappa shape index (κ2) is 3.12. The Labute approximate surface area is 71.9 Å². The van der Waals surface area contributed by atoms with E-state index in [-0.39, 0.29) is 5.56 Å². The van der Waals surface area contributed by atoms with Gasteiger partial charge in [-0.15, -0.1) is 0 Å². The van der Waals surface area contributed by atoms with E-state index in [2.05, 4.69) is 0 Å². The summed E-state index contributed by atoms with van der Waals surface area (Å²) in [5.41, 5.74) is 4.93.